The van der Waals surface area contributed by atoms with E-state index in [0.717, 1.165) is 10.6 Å². The van der Waals surface area contributed by atoms with Crippen LogP contribution in [0.15, 0.2) is 51.6 Å². The normalized spacial score (nSPS) is 11.6. The summed E-state index contributed by atoms with van der Waals surface area (Å²) in [5.41, 5.74) is 1.89. The Morgan fingerprint density at radius 1 is 1.07 bits per heavy atom. The maximum Gasteiger partial charge on any atom is 0.333 e. The first-order valence-corrected chi connectivity index (χ1v) is 10.5. The van der Waals surface area contributed by atoms with Gasteiger partial charge in [0.05, 0.1) is 30.1 Å². The minimum atomic E-state index is -0.369. The maximum atomic E-state index is 13.3. The highest BCUT2D eigenvalue weighted by Gasteiger charge is 2.19. The SMILES string of the molecule is Cc1nc(Cn2c(=O)c3c(ncn3CC(C)C)n(Cc3ccccc3)c2=O)cs1. The molecular weight excluding hydrogens is 386 g/mol. The maximum absolute atomic E-state index is 13.3. The molecule has 0 radical (unpaired) electrons. The number of aromatic nitrogens is 5. The van der Waals surface area contributed by atoms with Crippen molar-refractivity contribution in [2.75, 3.05) is 0 Å². The zero-order valence-corrected chi connectivity index (χ0v) is 17.5. The van der Waals surface area contributed by atoms with E-state index in [1.165, 1.54) is 15.9 Å². The van der Waals surface area contributed by atoms with Crippen LogP contribution in [0.1, 0.15) is 30.1 Å². The molecule has 4 rings (SSSR count). The van der Waals surface area contributed by atoms with Gasteiger partial charge in [-0.3, -0.25) is 13.9 Å². The van der Waals surface area contributed by atoms with Gasteiger partial charge in [-0.15, -0.1) is 11.3 Å². The number of thiazole rings is 1. The van der Waals surface area contributed by atoms with E-state index in [-0.39, 0.29) is 17.8 Å². The quantitative estimate of drug-likeness (QED) is 0.491. The molecule has 3 aromatic heterocycles. The summed E-state index contributed by atoms with van der Waals surface area (Å²) in [4.78, 5) is 35.5. The molecule has 0 unspecified atom stereocenters. The van der Waals surface area contributed by atoms with Gasteiger partial charge in [0.1, 0.15) is 0 Å². The average Bonchev–Trinajstić information content (AvgIpc) is 3.29. The molecule has 0 atom stereocenters. The van der Waals surface area contributed by atoms with Crippen molar-refractivity contribution in [3.05, 3.63) is 79.1 Å². The van der Waals surface area contributed by atoms with Gasteiger partial charge in [0.2, 0.25) is 0 Å². The summed E-state index contributed by atoms with van der Waals surface area (Å²) < 4.78 is 4.71. The summed E-state index contributed by atoms with van der Waals surface area (Å²) in [5.74, 6) is 0.343. The van der Waals surface area contributed by atoms with Gasteiger partial charge in [-0.1, -0.05) is 44.2 Å². The Morgan fingerprint density at radius 2 is 1.83 bits per heavy atom. The fourth-order valence-electron chi connectivity index (χ4n) is 3.46. The smallest absolute Gasteiger partial charge is 0.324 e. The van der Waals surface area contributed by atoms with Crippen molar-refractivity contribution >= 4 is 22.5 Å². The van der Waals surface area contributed by atoms with Crippen molar-refractivity contribution in [1.82, 2.24) is 23.7 Å². The Bertz CT molecular complexity index is 1260. The summed E-state index contributed by atoms with van der Waals surface area (Å²) in [5, 5.41) is 2.79. The van der Waals surface area contributed by atoms with E-state index >= 15 is 0 Å². The Morgan fingerprint density at radius 3 is 2.48 bits per heavy atom. The van der Waals surface area contributed by atoms with E-state index in [1.807, 2.05) is 47.2 Å². The van der Waals surface area contributed by atoms with Crippen LogP contribution in [0.2, 0.25) is 0 Å². The van der Waals surface area contributed by atoms with Gasteiger partial charge in [0, 0.05) is 11.9 Å². The molecular formula is C21H23N5O2S. The minimum absolute atomic E-state index is 0.152. The van der Waals surface area contributed by atoms with Crippen LogP contribution in [0.5, 0.6) is 0 Å². The van der Waals surface area contributed by atoms with Crippen LogP contribution in [0.25, 0.3) is 11.2 Å². The van der Waals surface area contributed by atoms with Crippen molar-refractivity contribution in [3.63, 3.8) is 0 Å². The largest absolute Gasteiger partial charge is 0.333 e. The van der Waals surface area contributed by atoms with E-state index in [0.29, 0.717) is 35.9 Å². The zero-order valence-electron chi connectivity index (χ0n) is 16.7. The predicted molar refractivity (Wildman–Crippen MR) is 115 cm³/mol. The van der Waals surface area contributed by atoms with Crippen LogP contribution in [-0.4, -0.2) is 23.7 Å². The van der Waals surface area contributed by atoms with Crippen molar-refractivity contribution in [2.24, 2.45) is 5.92 Å². The molecule has 0 spiro atoms. The summed E-state index contributed by atoms with van der Waals surface area (Å²) in [6, 6.07) is 9.72. The van der Waals surface area contributed by atoms with Crippen LogP contribution < -0.4 is 11.2 Å². The minimum Gasteiger partial charge on any atom is -0.324 e. The molecule has 0 saturated carbocycles. The highest BCUT2D eigenvalue weighted by Crippen LogP contribution is 2.13. The number of hydrogen-bond acceptors (Lipinski definition) is 5. The van der Waals surface area contributed by atoms with Crippen molar-refractivity contribution in [2.45, 2.75) is 40.4 Å². The zero-order chi connectivity index (χ0) is 20.5. The third-order valence-electron chi connectivity index (χ3n) is 4.72. The first-order valence-electron chi connectivity index (χ1n) is 9.57. The molecule has 7 nitrogen and oxygen atoms in total. The van der Waals surface area contributed by atoms with Crippen LogP contribution in [-0.2, 0) is 19.6 Å². The molecule has 0 fully saturated rings. The molecule has 0 aliphatic heterocycles. The fourth-order valence-corrected chi connectivity index (χ4v) is 4.07. The van der Waals surface area contributed by atoms with E-state index < -0.39 is 0 Å². The molecule has 0 amide bonds. The molecule has 8 heteroatoms. The molecule has 4 aromatic rings. The average molecular weight is 410 g/mol. The van der Waals surface area contributed by atoms with Crippen LogP contribution in [0.4, 0.5) is 0 Å². The van der Waals surface area contributed by atoms with Crippen LogP contribution in [0, 0.1) is 12.8 Å². The first-order chi connectivity index (χ1) is 13.9. The van der Waals surface area contributed by atoms with Crippen molar-refractivity contribution < 1.29 is 0 Å². The lowest BCUT2D eigenvalue weighted by atomic mass is 10.2. The van der Waals surface area contributed by atoms with E-state index in [9.17, 15) is 9.59 Å². The summed E-state index contributed by atoms with van der Waals surface area (Å²) in [6.07, 6.45) is 1.66. The summed E-state index contributed by atoms with van der Waals surface area (Å²) in [6.45, 7) is 7.24. The molecule has 0 aliphatic rings. The molecule has 0 bridgehead atoms. The van der Waals surface area contributed by atoms with Crippen molar-refractivity contribution in [1.29, 1.82) is 0 Å². The van der Waals surface area contributed by atoms with Gasteiger partial charge in [0.15, 0.2) is 11.2 Å². The molecule has 3 heterocycles. The Balaban J connectivity index is 1.93. The highest BCUT2D eigenvalue weighted by molar-refractivity contribution is 7.09. The third kappa shape index (κ3) is 3.80. The van der Waals surface area contributed by atoms with Crippen LogP contribution >= 0.6 is 11.3 Å². The van der Waals surface area contributed by atoms with Crippen molar-refractivity contribution in [3.8, 4) is 0 Å². The second kappa shape index (κ2) is 7.79. The van der Waals surface area contributed by atoms with E-state index in [1.54, 1.807) is 10.9 Å². The summed E-state index contributed by atoms with van der Waals surface area (Å²) in [7, 11) is 0. The number of hydrogen-bond donors (Lipinski definition) is 0. The number of aryl methyl sites for hydroxylation is 1. The standard InChI is InChI=1S/C21H23N5O2S/c1-14(2)9-24-13-22-19-18(24)20(27)26(11-17-12-29-15(3)23-17)21(28)25(19)10-16-7-5-4-6-8-16/h4-8,12-14H,9-11H2,1-3H3. The second-order valence-corrected chi connectivity index (χ2v) is 8.63. The van der Waals surface area contributed by atoms with Crippen LogP contribution in [0.3, 0.4) is 0 Å². The molecule has 1 aromatic carbocycles. The van der Waals surface area contributed by atoms with Gasteiger partial charge in [-0.05, 0) is 18.4 Å². The number of nitrogens with zero attached hydrogens (tertiary/aromatic N) is 5. The summed E-state index contributed by atoms with van der Waals surface area (Å²) >= 11 is 1.51. The van der Waals surface area contributed by atoms with Gasteiger partial charge in [-0.2, -0.15) is 0 Å². The number of fused-ring (bicyclic) bond motifs is 1. The fraction of sp³-hybridized carbons (Fsp3) is 0.333. The van der Waals surface area contributed by atoms with Gasteiger partial charge in [0.25, 0.3) is 5.56 Å². The lowest BCUT2D eigenvalue weighted by Gasteiger charge is -2.13. The second-order valence-electron chi connectivity index (χ2n) is 7.57. The predicted octanol–water partition coefficient (Wildman–Crippen LogP) is 2.88. The molecule has 0 N–H and O–H groups in total. The first kappa shape index (κ1) is 19.3. The topological polar surface area (TPSA) is 74.7 Å². The Hall–Kier alpha value is -3.00. The van der Waals surface area contributed by atoms with E-state index in [2.05, 4.69) is 23.8 Å². The Kier molecular flexibility index (Phi) is 5.19. The molecule has 29 heavy (non-hydrogen) atoms. The Labute approximate surface area is 171 Å². The lowest BCUT2D eigenvalue weighted by molar-refractivity contribution is 0.529. The monoisotopic (exact) mass is 409 g/mol. The van der Waals surface area contributed by atoms with Gasteiger partial charge >= 0.3 is 5.69 Å². The highest BCUT2D eigenvalue weighted by atomic mass is 32.1. The molecule has 0 saturated heterocycles. The number of benzene rings is 1. The number of rotatable bonds is 6. The number of imidazole rings is 1. The third-order valence-corrected chi connectivity index (χ3v) is 5.54. The van der Waals surface area contributed by atoms with Gasteiger partial charge in [-0.25, -0.2) is 14.8 Å². The molecule has 150 valence electrons. The van der Waals surface area contributed by atoms with Gasteiger partial charge < -0.3 is 4.57 Å². The lowest BCUT2D eigenvalue weighted by Crippen LogP contribution is -2.41. The molecule has 0 aliphatic carbocycles. The van der Waals surface area contributed by atoms with E-state index in [4.69, 9.17) is 0 Å².